The third-order valence-electron chi connectivity index (χ3n) is 6.48. The van der Waals surface area contributed by atoms with E-state index in [2.05, 4.69) is 5.32 Å². The van der Waals surface area contributed by atoms with Crippen molar-refractivity contribution in [3.05, 3.63) is 94.0 Å². The first-order chi connectivity index (χ1) is 18.3. The second kappa shape index (κ2) is 12.6. The Labute approximate surface area is 226 Å². The molecular weight excluding hydrogens is 510 g/mol. The van der Waals surface area contributed by atoms with E-state index in [0.29, 0.717) is 34.9 Å². The molecule has 1 heterocycles. The molecule has 4 N–H and O–H groups in total. The van der Waals surface area contributed by atoms with E-state index >= 15 is 0 Å². The lowest BCUT2D eigenvalue weighted by atomic mass is 9.90. The van der Waals surface area contributed by atoms with E-state index in [0.717, 1.165) is 16.9 Å². The van der Waals surface area contributed by atoms with Crippen molar-refractivity contribution in [1.82, 2.24) is 5.32 Å². The van der Waals surface area contributed by atoms with E-state index < -0.39 is 30.5 Å². The smallest absolute Gasteiger partial charge is 0.251 e. The van der Waals surface area contributed by atoms with Gasteiger partial charge >= 0.3 is 0 Å². The lowest BCUT2D eigenvalue weighted by molar-refractivity contribution is -0.230. The fourth-order valence-electron chi connectivity index (χ4n) is 4.41. The predicted octanol–water partition coefficient (Wildman–Crippen LogP) is 3.29. The molecule has 0 radical (unpaired) electrons. The average molecular weight is 542 g/mol. The number of aliphatic hydroxyl groups is 3. The van der Waals surface area contributed by atoms with E-state index in [9.17, 15) is 20.1 Å². The summed E-state index contributed by atoms with van der Waals surface area (Å²) in [4.78, 5) is 11.9. The van der Waals surface area contributed by atoms with Crippen LogP contribution in [0.3, 0.4) is 0 Å². The summed E-state index contributed by atoms with van der Waals surface area (Å²) in [5.41, 5.74) is 2.88. The molecule has 1 saturated heterocycles. The molecule has 3 aromatic carbocycles. The summed E-state index contributed by atoms with van der Waals surface area (Å²) in [5.74, 6) is 0.936. The van der Waals surface area contributed by atoms with Gasteiger partial charge in [0.2, 0.25) is 0 Å². The number of carbonyl (C=O) groups is 1. The van der Waals surface area contributed by atoms with E-state index in [1.54, 1.807) is 36.4 Å². The minimum atomic E-state index is -1.45. The van der Waals surface area contributed by atoms with Crippen LogP contribution in [0.1, 0.15) is 40.1 Å². The second-order valence-electron chi connectivity index (χ2n) is 9.09. The van der Waals surface area contributed by atoms with Crippen LogP contribution in [0, 0.1) is 0 Å². The summed E-state index contributed by atoms with van der Waals surface area (Å²) in [5, 5.41) is 35.0. The zero-order valence-corrected chi connectivity index (χ0v) is 22.0. The van der Waals surface area contributed by atoms with Crippen LogP contribution in [0.2, 0.25) is 5.02 Å². The fourth-order valence-corrected chi connectivity index (χ4v) is 4.60. The Morgan fingerprint density at radius 2 is 1.71 bits per heavy atom. The van der Waals surface area contributed by atoms with E-state index in [-0.39, 0.29) is 12.5 Å². The maximum absolute atomic E-state index is 11.9. The third kappa shape index (κ3) is 6.46. The van der Waals surface area contributed by atoms with Gasteiger partial charge in [0.15, 0.2) is 0 Å². The Kier molecular flexibility index (Phi) is 9.25. The van der Waals surface area contributed by atoms with Crippen LogP contribution in [-0.4, -0.2) is 65.9 Å². The minimum Gasteiger partial charge on any atom is -0.494 e. The van der Waals surface area contributed by atoms with Crippen molar-refractivity contribution < 1.29 is 34.3 Å². The molecule has 5 atom stereocenters. The van der Waals surface area contributed by atoms with E-state index in [1.807, 2.05) is 37.3 Å². The van der Waals surface area contributed by atoms with Crippen LogP contribution in [0.15, 0.2) is 66.7 Å². The number of nitrogens with one attached hydrogen (secondary N) is 1. The zero-order valence-electron chi connectivity index (χ0n) is 21.2. The van der Waals surface area contributed by atoms with E-state index in [4.69, 9.17) is 25.8 Å². The Morgan fingerprint density at radius 1 is 0.947 bits per heavy atom. The molecule has 3 aromatic rings. The molecule has 38 heavy (non-hydrogen) atoms. The number of amides is 1. The van der Waals surface area contributed by atoms with Gasteiger partial charge in [-0.05, 0) is 66.4 Å². The van der Waals surface area contributed by atoms with Gasteiger partial charge in [-0.3, -0.25) is 4.79 Å². The lowest BCUT2D eigenvalue weighted by Gasteiger charge is -2.40. The molecule has 0 aromatic heterocycles. The Hall–Kier alpha value is -3.14. The molecule has 0 spiro atoms. The molecule has 0 saturated carbocycles. The fraction of sp³-hybridized carbons (Fsp3) is 0.345. The highest BCUT2D eigenvalue weighted by molar-refractivity contribution is 6.31. The van der Waals surface area contributed by atoms with Crippen molar-refractivity contribution in [2.45, 2.75) is 43.9 Å². The van der Waals surface area contributed by atoms with Gasteiger partial charge in [-0.1, -0.05) is 41.9 Å². The number of aliphatic hydroxyl groups excluding tert-OH is 3. The average Bonchev–Trinajstić information content (AvgIpc) is 2.93. The van der Waals surface area contributed by atoms with Crippen LogP contribution in [-0.2, 0) is 11.2 Å². The minimum absolute atomic E-state index is 0.106. The first-order valence-corrected chi connectivity index (χ1v) is 12.8. The van der Waals surface area contributed by atoms with Crippen LogP contribution < -0.4 is 14.8 Å². The lowest BCUT2D eigenvalue weighted by Crippen LogP contribution is -2.55. The molecule has 4 rings (SSSR count). The quantitative estimate of drug-likeness (QED) is 0.328. The van der Waals surface area contributed by atoms with Crippen molar-refractivity contribution >= 4 is 17.5 Å². The van der Waals surface area contributed by atoms with Gasteiger partial charge in [-0.25, -0.2) is 0 Å². The molecular formula is C29H32ClNO7. The Morgan fingerprint density at radius 3 is 2.42 bits per heavy atom. The van der Waals surface area contributed by atoms with Crippen LogP contribution in [0.5, 0.6) is 11.5 Å². The standard InChI is InChI=1S/C29H32ClNO7/c1-3-36-21-10-7-17(8-11-21)13-20-14-18(9-12-23(20)30)28-27(34)26(33)25(32)24(38-28)16-37-22-6-4-5-19(15-22)29(35)31-2/h4-12,14-15,24-28,32-34H,3,13,16H2,1-2H3,(H,31,35)/t24-,25-,26+,27-,28+/m1/s1. The maximum Gasteiger partial charge on any atom is 0.251 e. The van der Waals surface area contributed by atoms with Gasteiger partial charge < -0.3 is 34.8 Å². The number of carbonyl (C=O) groups excluding carboxylic acids is 1. The number of ether oxygens (including phenoxy) is 3. The van der Waals surface area contributed by atoms with Gasteiger partial charge in [0.25, 0.3) is 5.91 Å². The maximum atomic E-state index is 11.9. The SMILES string of the molecule is CCOc1ccc(Cc2cc([C@@H]3O[C@H](COc4cccc(C(=O)NC)c4)[C@@H](O)[C@H](O)[C@H]3O)ccc2Cl)cc1. The molecule has 202 valence electrons. The predicted molar refractivity (Wildman–Crippen MR) is 143 cm³/mol. The van der Waals surface area contributed by atoms with Crippen molar-refractivity contribution in [3.63, 3.8) is 0 Å². The van der Waals surface area contributed by atoms with Gasteiger partial charge in [0, 0.05) is 17.6 Å². The van der Waals surface area contributed by atoms with Gasteiger partial charge in [0.05, 0.1) is 6.61 Å². The summed E-state index contributed by atoms with van der Waals surface area (Å²) in [7, 11) is 1.54. The monoisotopic (exact) mass is 541 g/mol. The molecule has 0 aliphatic carbocycles. The summed E-state index contributed by atoms with van der Waals surface area (Å²) >= 11 is 6.48. The van der Waals surface area contributed by atoms with Gasteiger partial charge in [0.1, 0.15) is 48.6 Å². The highest BCUT2D eigenvalue weighted by Crippen LogP contribution is 2.35. The molecule has 1 aliphatic heterocycles. The summed E-state index contributed by atoms with van der Waals surface area (Å²) in [6.07, 6.45) is -5.51. The van der Waals surface area contributed by atoms with Crippen LogP contribution in [0.25, 0.3) is 0 Å². The molecule has 1 aliphatic rings. The van der Waals surface area contributed by atoms with Crippen molar-refractivity contribution in [1.29, 1.82) is 0 Å². The molecule has 9 heteroatoms. The summed E-state index contributed by atoms with van der Waals surface area (Å²) < 4.78 is 17.3. The van der Waals surface area contributed by atoms with Gasteiger partial charge in [-0.15, -0.1) is 0 Å². The first-order valence-electron chi connectivity index (χ1n) is 12.4. The largest absolute Gasteiger partial charge is 0.494 e. The number of halogens is 1. The van der Waals surface area contributed by atoms with Crippen LogP contribution in [0.4, 0.5) is 0 Å². The Bertz CT molecular complexity index is 1240. The molecule has 1 amide bonds. The number of hydrogen-bond donors (Lipinski definition) is 4. The molecule has 1 fully saturated rings. The second-order valence-corrected chi connectivity index (χ2v) is 9.50. The number of hydrogen-bond acceptors (Lipinski definition) is 7. The zero-order chi connectivity index (χ0) is 27.2. The topological polar surface area (TPSA) is 117 Å². The third-order valence-corrected chi connectivity index (χ3v) is 6.85. The molecule has 0 unspecified atom stereocenters. The van der Waals surface area contributed by atoms with Crippen molar-refractivity contribution in [3.8, 4) is 11.5 Å². The van der Waals surface area contributed by atoms with Gasteiger partial charge in [-0.2, -0.15) is 0 Å². The Balaban J connectivity index is 1.49. The van der Waals surface area contributed by atoms with Crippen molar-refractivity contribution in [2.24, 2.45) is 0 Å². The molecule has 0 bridgehead atoms. The highest BCUT2D eigenvalue weighted by Gasteiger charge is 2.44. The van der Waals surface area contributed by atoms with Crippen molar-refractivity contribution in [2.75, 3.05) is 20.3 Å². The number of benzene rings is 3. The number of rotatable bonds is 9. The van der Waals surface area contributed by atoms with Crippen LogP contribution >= 0.6 is 11.6 Å². The molecule has 8 nitrogen and oxygen atoms in total. The highest BCUT2D eigenvalue weighted by atomic mass is 35.5. The summed E-state index contributed by atoms with van der Waals surface area (Å²) in [6, 6.07) is 19.6. The summed E-state index contributed by atoms with van der Waals surface area (Å²) in [6.45, 7) is 2.41. The normalized spacial score (nSPS) is 23.1. The first kappa shape index (κ1) is 27.9. The van der Waals surface area contributed by atoms with E-state index in [1.165, 1.54) is 7.05 Å².